The fourth-order valence-electron chi connectivity index (χ4n) is 1.49. The van der Waals surface area contributed by atoms with E-state index in [-0.39, 0.29) is 11.1 Å². The third kappa shape index (κ3) is 5.26. The lowest BCUT2D eigenvalue weighted by Gasteiger charge is -2.11. The second-order valence-corrected chi connectivity index (χ2v) is 6.27. The van der Waals surface area contributed by atoms with Gasteiger partial charge in [0.2, 0.25) is 0 Å². The number of sulfonamides is 1. The Labute approximate surface area is 115 Å². The summed E-state index contributed by atoms with van der Waals surface area (Å²) in [5.41, 5.74) is 0.982. The lowest BCUT2D eigenvalue weighted by Crippen LogP contribution is -2.32. The summed E-state index contributed by atoms with van der Waals surface area (Å²) in [6, 6.07) is 3.26. The fourth-order valence-corrected chi connectivity index (χ4v) is 2.75. The Kier molecular flexibility index (Phi) is 6.41. The van der Waals surface area contributed by atoms with Crippen LogP contribution in [0.25, 0.3) is 0 Å². The molecular formula is C13H23N3O2S. The van der Waals surface area contributed by atoms with Crippen molar-refractivity contribution in [2.75, 3.05) is 6.54 Å². The molecule has 6 heteroatoms. The third-order valence-electron chi connectivity index (χ3n) is 2.80. The second kappa shape index (κ2) is 7.57. The van der Waals surface area contributed by atoms with Crippen LogP contribution in [-0.2, 0) is 16.6 Å². The first-order valence-corrected chi connectivity index (χ1v) is 8.16. The minimum absolute atomic E-state index is 0.0760. The van der Waals surface area contributed by atoms with E-state index in [0.29, 0.717) is 6.54 Å². The van der Waals surface area contributed by atoms with Crippen molar-refractivity contribution in [2.24, 2.45) is 0 Å². The lowest BCUT2D eigenvalue weighted by atomic mass is 10.3. The van der Waals surface area contributed by atoms with Gasteiger partial charge in [0.25, 0.3) is 10.0 Å². The van der Waals surface area contributed by atoms with Gasteiger partial charge in [0, 0.05) is 18.8 Å². The summed E-state index contributed by atoms with van der Waals surface area (Å²) in [7, 11) is -3.50. The van der Waals surface area contributed by atoms with Crippen molar-refractivity contribution in [3.8, 4) is 0 Å². The first-order chi connectivity index (χ1) is 8.99. The molecule has 1 aromatic rings. The molecule has 0 spiro atoms. The summed E-state index contributed by atoms with van der Waals surface area (Å²) in [5.74, 6) is 0. The first kappa shape index (κ1) is 16.1. The number of aromatic nitrogens is 1. The number of nitrogens with one attached hydrogen (secondary N) is 2. The molecule has 0 aliphatic carbocycles. The highest BCUT2D eigenvalue weighted by Crippen LogP contribution is 2.08. The molecule has 19 heavy (non-hydrogen) atoms. The van der Waals surface area contributed by atoms with E-state index in [9.17, 15) is 8.42 Å². The lowest BCUT2D eigenvalue weighted by molar-refractivity contribution is 0.552. The molecule has 0 fully saturated rings. The Bertz CT molecular complexity index is 471. The van der Waals surface area contributed by atoms with E-state index in [1.807, 2.05) is 13.8 Å². The van der Waals surface area contributed by atoms with Crippen molar-refractivity contribution in [2.45, 2.75) is 51.2 Å². The Morgan fingerprint density at radius 2 is 2.05 bits per heavy atom. The maximum absolute atomic E-state index is 12.0. The van der Waals surface area contributed by atoms with Crippen LogP contribution in [0.1, 0.15) is 39.2 Å². The Balaban J connectivity index is 2.69. The first-order valence-electron chi connectivity index (χ1n) is 6.67. The van der Waals surface area contributed by atoms with Crippen LogP contribution in [0.4, 0.5) is 0 Å². The SMILES string of the molecule is CCCNCc1ccc(S(=O)(=O)NC(C)CC)nc1. The van der Waals surface area contributed by atoms with Gasteiger partial charge >= 0.3 is 0 Å². The molecule has 0 aliphatic rings. The summed E-state index contributed by atoms with van der Waals surface area (Å²) in [6.45, 7) is 7.51. The summed E-state index contributed by atoms with van der Waals surface area (Å²) >= 11 is 0. The molecule has 1 rings (SSSR count). The molecule has 0 aliphatic heterocycles. The number of rotatable bonds is 8. The van der Waals surface area contributed by atoms with Crippen molar-refractivity contribution in [1.82, 2.24) is 15.0 Å². The van der Waals surface area contributed by atoms with Crippen LogP contribution < -0.4 is 10.0 Å². The third-order valence-corrected chi connectivity index (χ3v) is 4.30. The average molecular weight is 285 g/mol. The largest absolute Gasteiger partial charge is 0.313 e. The number of pyridine rings is 1. The fraction of sp³-hybridized carbons (Fsp3) is 0.615. The normalized spacial score (nSPS) is 13.4. The van der Waals surface area contributed by atoms with Crippen LogP contribution in [-0.4, -0.2) is 26.0 Å². The van der Waals surface area contributed by atoms with Crippen LogP contribution in [0, 0.1) is 0 Å². The van der Waals surface area contributed by atoms with Gasteiger partial charge in [0.1, 0.15) is 0 Å². The van der Waals surface area contributed by atoms with Gasteiger partial charge in [-0.25, -0.2) is 18.1 Å². The van der Waals surface area contributed by atoms with Crippen molar-refractivity contribution in [3.05, 3.63) is 23.9 Å². The van der Waals surface area contributed by atoms with Crippen LogP contribution in [0.15, 0.2) is 23.4 Å². The zero-order chi connectivity index (χ0) is 14.3. The molecule has 5 nitrogen and oxygen atoms in total. The zero-order valence-electron chi connectivity index (χ0n) is 11.8. The van der Waals surface area contributed by atoms with Crippen LogP contribution in [0.2, 0.25) is 0 Å². The Morgan fingerprint density at radius 1 is 1.32 bits per heavy atom. The molecule has 1 aromatic heterocycles. The van der Waals surface area contributed by atoms with Gasteiger partial charge in [-0.15, -0.1) is 0 Å². The van der Waals surface area contributed by atoms with Crippen molar-refractivity contribution in [1.29, 1.82) is 0 Å². The number of hydrogen-bond acceptors (Lipinski definition) is 4. The summed E-state index contributed by atoms with van der Waals surface area (Å²) in [6.07, 6.45) is 3.42. The molecule has 0 saturated heterocycles. The van der Waals surface area contributed by atoms with Gasteiger partial charge < -0.3 is 5.32 Å². The van der Waals surface area contributed by atoms with Crippen molar-refractivity contribution >= 4 is 10.0 Å². The highest BCUT2D eigenvalue weighted by molar-refractivity contribution is 7.89. The summed E-state index contributed by atoms with van der Waals surface area (Å²) in [4.78, 5) is 4.03. The summed E-state index contributed by atoms with van der Waals surface area (Å²) in [5, 5.41) is 3.32. The van der Waals surface area contributed by atoms with E-state index in [4.69, 9.17) is 0 Å². The van der Waals surface area contributed by atoms with Crippen LogP contribution in [0.5, 0.6) is 0 Å². The molecule has 0 bridgehead atoms. The maximum atomic E-state index is 12.0. The van der Waals surface area contributed by atoms with Gasteiger partial charge in [-0.2, -0.15) is 0 Å². The standard InChI is InChI=1S/C13H23N3O2S/c1-4-8-14-9-12-6-7-13(15-10-12)19(17,18)16-11(3)5-2/h6-7,10-11,14,16H,4-5,8-9H2,1-3H3. The van der Waals surface area contributed by atoms with Gasteiger partial charge in [0.15, 0.2) is 5.03 Å². The predicted octanol–water partition coefficient (Wildman–Crippen LogP) is 1.66. The molecule has 0 amide bonds. The Morgan fingerprint density at radius 3 is 2.58 bits per heavy atom. The molecule has 0 radical (unpaired) electrons. The Hall–Kier alpha value is -0.980. The molecular weight excluding hydrogens is 262 g/mol. The van der Waals surface area contributed by atoms with Gasteiger partial charge in [-0.3, -0.25) is 0 Å². The van der Waals surface area contributed by atoms with Gasteiger partial charge in [-0.1, -0.05) is 19.9 Å². The van der Waals surface area contributed by atoms with Crippen LogP contribution >= 0.6 is 0 Å². The zero-order valence-corrected chi connectivity index (χ0v) is 12.6. The smallest absolute Gasteiger partial charge is 0.258 e. The quantitative estimate of drug-likeness (QED) is 0.713. The van der Waals surface area contributed by atoms with Crippen molar-refractivity contribution < 1.29 is 8.42 Å². The molecule has 0 saturated carbocycles. The van der Waals surface area contributed by atoms with E-state index in [1.54, 1.807) is 18.3 Å². The summed E-state index contributed by atoms with van der Waals surface area (Å²) < 4.78 is 26.6. The minimum Gasteiger partial charge on any atom is -0.313 e. The van der Waals surface area contributed by atoms with E-state index < -0.39 is 10.0 Å². The number of nitrogens with zero attached hydrogens (tertiary/aromatic N) is 1. The van der Waals surface area contributed by atoms with E-state index in [1.165, 1.54) is 0 Å². The molecule has 2 N–H and O–H groups in total. The average Bonchev–Trinajstić information content (AvgIpc) is 2.39. The van der Waals surface area contributed by atoms with Crippen molar-refractivity contribution in [3.63, 3.8) is 0 Å². The topological polar surface area (TPSA) is 71.1 Å². The molecule has 1 heterocycles. The maximum Gasteiger partial charge on any atom is 0.258 e. The molecule has 108 valence electrons. The molecule has 1 unspecified atom stereocenters. The minimum atomic E-state index is -3.50. The monoisotopic (exact) mass is 285 g/mol. The van der Waals surface area contributed by atoms with Gasteiger partial charge in [-0.05, 0) is 37.9 Å². The highest BCUT2D eigenvalue weighted by Gasteiger charge is 2.17. The predicted molar refractivity (Wildman–Crippen MR) is 76.3 cm³/mol. The molecule has 0 aromatic carbocycles. The van der Waals surface area contributed by atoms with Crippen LogP contribution in [0.3, 0.4) is 0 Å². The van der Waals surface area contributed by atoms with E-state index >= 15 is 0 Å². The number of hydrogen-bond donors (Lipinski definition) is 2. The van der Waals surface area contributed by atoms with E-state index in [2.05, 4.69) is 21.9 Å². The second-order valence-electron chi connectivity index (χ2n) is 4.61. The van der Waals surface area contributed by atoms with Gasteiger partial charge in [0.05, 0.1) is 0 Å². The highest BCUT2D eigenvalue weighted by atomic mass is 32.2. The molecule has 1 atom stereocenters. The van der Waals surface area contributed by atoms with E-state index in [0.717, 1.165) is 24.9 Å².